The lowest BCUT2D eigenvalue weighted by Gasteiger charge is -2.25. The fourth-order valence-electron chi connectivity index (χ4n) is 2.59. The molecule has 2 aromatic carbocycles. The first-order chi connectivity index (χ1) is 10.1. The van der Waals surface area contributed by atoms with Gasteiger partial charge in [0.15, 0.2) is 0 Å². The molecule has 0 saturated carbocycles. The summed E-state index contributed by atoms with van der Waals surface area (Å²) < 4.78 is 13.7. The van der Waals surface area contributed by atoms with Crippen LogP contribution in [0.15, 0.2) is 42.5 Å². The standard InChI is InChI=1S/C17H17FN2O/c1-11-9-15-16(10-13(11)18)20-17(21)8-7-14(19-15)12-5-3-2-4-6-12/h2-6,9-10,14,19H,7-8H2,1H3,(H,20,21). The summed E-state index contributed by atoms with van der Waals surface area (Å²) in [6.07, 6.45) is 1.10. The van der Waals surface area contributed by atoms with Gasteiger partial charge in [-0.1, -0.05) is 30.3 Å². The zero-order chi connectivity index (χ0) is 14.8. The van der Waals surface area contributed by atoms with E-state index < -0.39 is 0 Å². The molecule has 1 atom stereocenters. The number of carbonyl (C=O) groups is 1. The van der Waals surface area contributed by atoms with Gasteiger partial charge in [0, 0.05) is 6.42 Å². The van der Waals surface area contributed by atoms with Gasteiger partial charge >= 0.3 is 0 Å². The van der Waals surface area contributed by atoms with Crippen LogP contribution >= 0.6 is 0 Å². The van der Waals surface area contributed by atoms with Crippen LogP contribution in [0.5, 0.6) is 0 Å². The highest BCUT2D eigenvalue weighted by atomic mass is 19.1. The van der Waals surface area contributed by atoms with Crippen LogP contribution in [0.4, 0.5) is 15.8 Å². The van der Waals surface area contributed by atoms with Gasteiger partial charge in [-0.25, -0.2) is 4.39 Å². The molecular weight excluding hydrogens is 267 g/mol. The highest BCUT2D eigenvalue weighted by Crippen LogP contribution is 2.33. The molecule has 1 amide bonds. The predicted octanol–water partition coefficient (Wildman–Crippen LogP) is 4.02. The normalized spacial score (nSPS) is 18.0. The van der Waals surface area contributed by atoms with E-state index in [0.717, 1.165) is 11.3 Å². The van der Waals surface area contributed by atoms with Gasteiger partial charge in [-0.15, -0.1) is 0 Å². The van der Waals surface area contributed by atoms with Crippen molar-refractivity contribution in [1.29, 1.82) is 0 Å². The molecule has 0 fully saturated rings. The van der Waals surface area contributed by atoms with Crippen molar-refractivity contribution in [1.82, 2.24) is 0 Å². The molecule has 3 nitrogen and oxygen atoms in total. The number of hydrogen-bond donors (Lipinski definition) is 2. The Morgan fingerprint density at radius 3 is 2.67 bits per heavy atom. The maximum atomic E-state index is 13.7. The third-order valence-corrected chi connectivity index (χ3v) is 3.76. The SMILES string of the molecule is Cc1cc2c(cc1F)NC(=O)CCC(c1ccccc1)N2. The lowest BCUT2D eigenvalue weighted by atomic mass is 9.99. The number of benzene rings is 2. The molecule has 1 aliphatic heterocycles. The van der Waals surface area contributed by atoms with Gasteiger partial charge < -0.3 is 10.6 Å². The Hall–Kier alpha value is -2.36. The summed E-state index contributed by atoms with van der Waals surface area (Å²) in [7, 11) is 0. The van der Waals surface area contributed by atoms with Crippen LogP contribution in [0.3, 0.4) is 0 Å². The Kier molecular flexibility index (Phi) is 3.60. The summed E-state index contributed by atoms with van der Waals surface area (Å²) >= 11 is 0. The highest BCUT2D eigenvalue weighted by Gasteiger charge is 2.20. The number of halogens is 1. The van der Waals surface area contributed by atoms with Gasteiger partial charge in [0.1, 0.15) is 5.82 Å². The van der Waals surface area contributed by atoms with Crippen LogP contribution in [0.1, 0.15) is 30.0 Å². The van der Waals surface area contributed by atoms with E-state index in [1.54, 1.807) is 13.0 Å². The number of amides is 1. The molecule has 0 aliphatic carbocycles. The second-order valence-electron chi connectivity index (χ2n) is 5.34. The molecule has 108 valence electrons. The van der Waals surface area contributed by atoms with Crippen molar-refractivity contribution in [3.8, 4) is 0 Å². The Bertz CT molecular complexity index is 670. The van der Waals surface area contributed by atoms with Crippen molar-refractivity contribution in [2.75, 3.05) is 10.6 Å². The lowest BCUT2D eigenvalue weighted by molar-refractivity contribution is -0.116. The monoisotopic (exact) mass is 284 g/mol. The second kappa shape index (κ2) is 5.56. The fraction of sp³-hybridized carbons (Fsp3) is 0.235. The molecule has 1 unspecified atom stereocenters. The average molecular weight is 284 g/mol. The van der Waals surface area contributed by atoms with E-state index in [2.05, 4.69) is 10.6 Å². The van der Waals surface area contributed by atoms with Gasteiger partial charge in [0.2, 0.25) is 5.91 Å². The third kappa shape index (κ3) is 2.89. The minimum atomic E-state index is -0.312. The first-order valence-electron chi connectivity index (χ1n) is 7.05. The maximum Gasteiger partial charge on any atom is 0.224 e. The van der Waals surface area contributed by atoms with E-state index in [4.69, 9.17) is 0 Å². The van der Waals surface area contributed by atoms with Crippen molar-refractivity contribution >= 4 is 17.3 Å². The molecule has 0 bridgehead atoms. The van der Waals surface area contributed by atoms with Gasteiger partial charge in [-0.2, -0.15) is 0 Å². The van der Waals surface area contributed by atoms with Crippen LogP contribution in [-0.2, 0) is 4.79 Å². The van der Waals surface area contributed by atoms with Crippen molar-refractivity contribution in [2.45, 2.75) is 25.8 Å². The average Bonchev–Trinajstić information content (AvgIpc) is 2.47. The molecule has 1 heterocycles. The van der Waals surface area contributed by atoms with Crippen LogP contribution in [0.25, 0.3) is 0 Å². The van der Waals surface area contributed by atoms with Crippen LogP contribution in [0.2, 0.25) is 0 Å². The van der Waals surface area contributed by atoms with E-state index in [1.165, 1.54) is 6.07 Å². The van der Waals surface area contributed by atoms with E-state index >= 15 is 0 Å². The van der Waals surface area contributed by atoms with Crippen LogP contribution in [0, 0.1) is 12.7 Å². The Balaban J connectivity index is 2.00. The molecule has 0 aromatic heterocycles. The minimum absolute atomic E-state index is 0.0425. The molecular formula is C17H17FN2O. The third-order valence-electron chi connectivity index (χ3n) is 3.76. The van der Waals surface area contributed by atoms with Crippen LogP contribution in [-0.4, -0.2) is 5.91 Å². The van der Waals surface area contributed by atoms with E-state index in [9.17, 15) is 9.18 Å². The number of hydrogen-bond acceptors (Lipinski definition) is 2. The van der Waals surface area contributed by atoms with Crippen molar-refractivity contribution in [3.63, 3.8) is 0 Å². The summed E-state index contributed by atoms with van der Waals surface area (Å²) in [5.74, 6) is -0.394. The quantitative estimate of drug-likeness (QED) is 0.830. The molecule has 21 heavy (non-hydrogen) atoms. The maximum absolute atomic E-state index is 13.7. The number of nitrogens with one attached hydrogen (secondary N) is 2. The van der Waals surface area contributed by atoms with E-state index in [-0.39, 0.29) is 17.8 Å². The summed E-state index contributed by atoms with van der Waals surface area (Å²) in [6.45, 7) is 1.72. The number of fused-ring (bicyclic) bond motifs is 1. The van der Waals surface area contributed by atoms with Gasteiger partial charge in [-0.3, -0.25) is 4.79 Å². The lowest BCUT2D eigenvalue weighted by Crippen LogP contribution is -2.21. The summed E-state index contributed by atoms with van der Waals surface area (Å²) in [4.78, 5) is 11.9. The zero-order valence-electron chi connectivity index (χ0n) is 11.8. The molecule has 0 radical (unpaired) electrons. The molecule has 0 saturated heterocycles. The molecule has 0 spiro atoms. The van der Waals surface area contributed by atoms with Crippen LogP contribution < -0.4 is 10.6 Å². The van der Waals surface area contributed by atoms with Crippen molar-refractivity contribution in [2.24, 2.45) is 0 Å². The van der Waals surface area contributed by atoms with E-state index in [0.29, 0.717) is 24.1 Å². The molecule has 3 rings (SSSR count). The Morgan fingerprint density at radius 2 is 1.90 bits per heavy atom. The fourth-order valence-corrected chi connectivity index (χ4v) is 2.59. The van der Waals surface area contributed by atoms with Crippen molar-refractivity contribution in [3.05, 3.63) is 59.4 Å². The first-order valence-corrected chi connectivity index (χ1v) is 7.05. The highest BCUT2D eigenvalue weighted by molar-refractivity contribution is 5.95. The largest absolute Gasteiger partial charge is 0.377 e. The number of anilines is 2. The second-order valence-corrected chi connectivity index (χ2v) is 5.34. The number of aryl methyl sites for hydroxylation is 1. The molecule has 1 aliphatic rings. The molecule has 2 N–H and O–H groups in total. The number of carbonyl (C=O) groups excluding carboxylic acids is 1. The zero-order valence-corrected chi connectivity index (χ0v) is 11.8. The summed E-state index contributed by atoms with van der Waals surface area (Å²) in [6, 6.07) is 13.2. The van der Waals surface area contributed by atoms with Gasteiger partial charge in [-0.05, 0) is 36.6 Å². The topological polar surface area (TPSA) is 41.1 Å². The summed E-state index contributed by atoms with van der Waals surface area (Å²) in [5, 5.41) is 6.18. The van der Waals surface area contributed by atoms with Gasteiger partial charge in [0.25, 0.3) is 0 Å². The summed E-state index contributed by atoms with van der Waals surface area (Å²) in [5.41, 5.74) is 2.95. The molecule has 4 heteroatoms. The molecule has 2 aromatic rings. The first kappa shape index (κ1) is 13.6. The van der Waals surface area contributed by atoms with E-state index in [1.807, 2.05) is 30.3 Å². The smallest absolute Gasteiger partial charge is 0.224 e. The minimum Gasteiger partial charge on any atom is -0.377 e. The predicted molar refractivity (Wildman–Crippen MR) is 81.8 cm³/mol. The Labute approximate surface area is 123 Å². The van der Waals surface area contributed by atoms with Crippen molar-refractivity contribution < 1.29 is 9.18 Å². The number of rotatable bonds is 1. The van der Waals surface area contributed by atoms with Gasteiger partial charge in [0.05, 0.1) is 17.4 Å². The Morgan fingerprint density at radius 1 is 1.14 bits per heavy atom.